The summed E-state index contributed by atoms with van der Waals surface area (Å²) in [5.74, 6) is -1.19. The first-order chi connectivity index (χ1) is 14.7. The molecule has 158 valence electrons. The van der Waals surface area contributed by atoms with E-state index in [1.54, 1.807) is 36.4 Å². The molecule has 0 saturated heterocycles. The number of hydrogen-bond donors (Lipinski definition) is 1. The number of halogens is 1. The molecule has 0 saturated carbocycles. The Bertz CT molecular complexity index is 1190. The highest BCUT2D eigenvalue weighted by molar-refractivity contribution is 6.11. The fourth-order valence-electron chi connectivity index (χ4n) is 4.20. The average molecular weight is 417 g/mol. The van der Waals surface area contributed by atoms with Gasteiger partial charge in [0.2, 0.25) is 0 Å². The van der Waals surface area contributed by atoms with E-state index in [0.29, 0.717) is 16.8 Å². The first-order valence-electron chi connectivity index (χ1n) is 10.2. The molecule has 1 amide bonds. The molecule has 31 heavy (non-hydrogen) atoms. The van der Waals surface area contributed by atoms with Crippen LogP contribution in [-0.2, 0) is 16.9 Å². The minimum absolute atomic E-state index is 0.176. The van der Waals surface area contributed by atoms with E-state index in [1.165, 1.54) is 17.0 Å². The van der Waals surface area contributed by atoms with E-state index < -0.39 is 11.5 Å². The largest absolute Gasteiger partial charge is 0.375 e. The third-order valence-electron chi connectivity index (χ3n) is 6.05. The van der Waals surface area contributed by atoms with Crippen molar-refractivity contribution in [3.05, 3.63) is 99.9 Å². The Hall–Kier alpha value is -3.31. The molecule has 0 unspecified atom stereocenters. The van der Waals surface area contributed by atoms with Crippen molar-refractivity contribution >= 4 is 17.4 Å². The summed E-state index contributed by atoms with van der Waals surface area (Å²) in [4.78, 5) is 28.0. The van der Waals surface area contributed by atoms with E-state index in [-0.39, 0.29) is 24.6 Å². The first kappa shape index (κ1) is 20.9. The smallest absolute Gasteiger partial charge is 0.264 e. The number of aryl methyl sites for hydroxylation is 3. The Morgan fingerprint density at radius 1 is 0.968 bits per heavy atom. The molecule has 4 nitrogen and oxygen atoms in total. The number of aliphatic hydroxyl groups is 1. The minimum atomic E-state index is -1.95. The van der Waals surface area contributed by atoms with E-state index in [9.17, 15) is 19.1 Å². The maximum atomic E-state index is 13.4. The number of carbonyl (C=O) groups excluding carboxylic acids is 2. The van der Waals surface area contributed by atoms with Crippen molar-refractivity contribution < 1.29 is 19.1 Å². The zero-order valence-corrected chi connectivity index (χ0v) is 17.8. The van der Waals surface area contributed by atoms with Gasteiger partial charge in [-0.15, -0.1) is 0 Å². The standard InChI is InChI=1S/C26H24FNO3/c1-16-12-18(3)21(13-17(16)2)24(29)14-26(31)22-6-4-5-7-23(22)28(25(26)30)15-19-8-10-20(27)11-9-19/h4-13,31H,14-15H2,1-3H3/t26-/m0/s1. The monoisotopic (exact) mass is 417 g/mol. The fraction of sp³-hybridized carbons (Fsp3) is 0.231. The lowest BCUT2D eigenvalue weighted by Crippen LogP contribution is -2.41. The van der Waals surface area contributed by atoms with Crippen molar-refractivity contribution in [2.75, 3.05) is 4.90 Å². The minimum Gasteiger partial charge on any atom is -0.375 e. The van der Waals surface area contributed by atoms with E-state index in [2.05, 4.69) is 0 Å². The van der Waals surface area contributed by atoms with Crippen LogP contribution in [0.2, 0.25) is 0 Å². The van der Waals surface area contributed by atoms with Crippen molar-refractivity contribution in [3.63, 3.8) is 0 Å². The van der Waals surface area contributed by atoms with E-state index in [1.807, 2.05) is 32.9 Å². The summed E-state index contributed by atoms with van der Waals surface area (Å²) >= 11 is 0. The lowest BCUT2D eigenvalue weighted by molar-refractivity contribution is -0.136. The van der Waals surface area contributed by atoms with Crippen LogP contribution in [0.4, 0.5) is 10.1 Å². The van der Waals surface area contributed by atoms with Gasteiger partial charge in [0, 0.05) is 11.1 Å². The topological polar surface area (TPSA) is 57.6 Å². The number of anilines is 1. The van der Waals surface area contributed by atoms with Gasteiger partial charge in [-0.3, -0.25) is 9.59 Å². The molecular weight excluding hydrogens is 393 g/mol. The number of Topliss-reactive ketones (excluding diaryl/α,β-unsaturated/α-hetero) is 1. The fourth-order valence-corrected chi connectivity index (χ4v) is 4.20. The molecule has 4 rings (SSSR count). The molecule has 1 aliphatic heterocycles. The number of ketones is 1. The molecule has 3 aromatic rings. The Morgan fingerprint density at radius 2 is 1.61 bits per heavy atom. The van der Waals surface area contributed by atoms with Gasteiger partial charge in [0.1, 0.15) is 5.82 Å². The van der Waals surface area contributed by atoms with Crippen LogP contribution in [-0.4, -0.2) is 16.8 Å². The number of nitrogens with zero attached hydrogens (tertiary/aromatic N) is 1. The second-order valence-corrected chi connectivity index (χ2v) is 8.25. The zero-order valence-electron chi connectivity index (χ0n) is 17.8. The van der Waals surface area contributed by atoms with Gasteiger partial charge in [0.15, 0.2) is 11.4 Å². The molecule has 3 aromatic carbocycles. The van der Waals surface area contributed by atoms with Crippen molar-refractivity contribution in [3.8, 4) is 0 Å². The van der Waals surface area contributed by atoms with E-state index in [0.717, 1.165) is 22.3 Å². The van der Waals surface area contributed by atoms with Crippen molar-refractivity contribution in [2.24, 2.45) is 0 Å². The highest BCUT2D eigenvalue weighted by atomic mass is 19.1. The predicted octanol–water partition coefficient (Wildman–Crippen LogP) is 4.76. The Morgan fingerprint density at radius 3 is 2.32 bits per heavy atom. The molecule has 1 N–H and O–H groups in total. The summed E-state index contributed by atoms with van der Waals surface area (Å²) in [6.07, 6.45) is -0.341. The van der Waals surface area contributed by atoms with E-state index in [4.69, 9.17) is 0 Å². The molecule has 1 atom stereocenters. The molecule has 0 radical (unpaired) electrons. The maximum absolute atomic E-state index is 13.4. The first-order valence-corrected chi connectivity index (χ1v) is 10.2. The molecule has 0 aliphatic carbocycles. The summed E-state index contributed by atoms with van der Waals surface area (Å²) in [5.41, 5.74) is 3.15. The van der Waals surface area contributed by atoms with Gasteiger partial charge in [-0.2, -0.15) is 0 Å². The number of para-hydroxylation sites is 1. The summed E-state index contributed by atoms with van der Waals surface area (Å²) < 4.78 is 13.3. The third-order valence-corrected chi connectivity index (χ3v) is 6.05. The van der Waals surface area contributed by atoms with Crippen molar-refractivity contribution in [1.82, 2.24) is 0 Å². The van der Waals surface area contributed by atoms with Crippen LogP contribution in [0.5, 0.6) is 0 Å². The molecule has 1 aliphatic rings. The maximum Gasteiger partial charge on any atom is 0.264 e. The molecule has 0 aromatic heterocycles. The second-order valence-electron chi connectivity index (χ2n) is 8.25. The Balaban J connectivity index is 1.69. The van der Waals surface area contributed by atoms with Gasteiger partial charge < -0.3 is 10.0 Å². The van der Waals surface area contributed by atoms with Crippen LogP contribution < -0.4 is 4.90 Å². The Kier molecular flexibility index (Phi) is 5.23. The Labute approximate surface area is 181 Å². The number of benzene rings is 3. The normalized spacial score (nSPS) is 17.7. The van der Waals surface area contributed by atoms with Crippen LogP contribution >= 0.6 is 0 Å². The summed E-state index contributed by atoms with van der Waals surface area (Å²) in [7, 11) is 0. The molecule has 5 heteroatoms. The summed E-state index contributed by atoms with van der Waals surface area (Å²) in [6, 6.07) is 16.6. The van der Waals surface area contributed by atoms with Gasteiger partial charge in [-0.05, 0) is 67.3 Å². The summed E-state index contributed by atoms with van der Waals surface area (Å²) in [5, 5.41) is 11.5. The third kappa shape index (κ3) is 3.66. The molecule has 1 heterocycles. The number of fused-ring (bicyclic) bond motifs is 1. The zero-order chi connectivity index (χ0) is 22.3. The lowest BCUT2D eigenvalue weighted by atomic mass is 9.86. The van der Waals surface area contributed by atoms with Gasteiger partial charge in [-0.25, -0.2) is 4.39 Å². The van der Waals surface area contributed by atoms with Crippen LogP contribution in [0.3, 0.4) is 0 Å². The van der Waals surface area contributed by atoms with Gasteiger partial charge in [-0.1, -0.05) is 36.4 Å². The predicted molar refractivity (Wildman–Crippen MR) is 118 cm³/mol. The molecule has 0 spiro atoms. The number of amides is 1. The van der Waals surface area contributed by atoms with Gasteiger partial charge in [0.05, 0.1) is 18.7 Å². The van der Waals surface area contributed by atoms with Gasteiger partial charge >= 0.3 is 0 Å². The quantitative estimate of drug-likeness (QED) is 0.609. The highest BCUT2D eigenvalue weighted by Gasteiger charge is 2.50. The van der Waals surface area contributed by atoms with Crippen LogP contribution in [0.1, 0.15) is 44.6 Å². The lowest BCUT2D eigenvalue weighted by Gasteiger charge is -2.23. The molecule has 0 bridgehead atoms. The second kappa shape index (κ2) is 7.75. The number of rotatable bonds is 5. The summed E-state index contributed by atoms with van der Waals surface area (Å²) in [6.45, 7) is 5.94. The highest BCUT2D eigenvalue weighted by Crippen LogP contribution is 2.43. The molecule has 0 fully saturated rings. The SMILES string of the molecule is Cc1cc(C)c(C(=O)C[C@@]2(O)C(=O)N(Cc3ccc(F)cc3)c3ccccc32)cc1C. The van der Waals surface area contributed by atoms with Crippen LogP contribution in [0.15, 0.2) is 60.7 Å². The van der Waals surface area contributed by atoms with Crippen LogP contribution in [0, 0.1) is 26.6 Å². The van der Waals surface area contributed by atoms with E-state index >= 15 is 0 Å². The number of hydrogen-bond acceptors (Lipinski definition) is 3. The molecular formula is C26H24FNO3. The number of carbonyl (C=O) groups is 2. The van der Waals surface area contributed by atoms with Crippen molar-refractivity contribution in [1.29, 1.82) is 0 Å². The van der Waals surface area contributed by atoms with Gasteiger partial charge in [0.25, 0.3) is 5.91 Å². The van der Waals surface area contributed by atoms with Crippen molar-refractivity contribution in [2.45, 2.75) is 39.3 Å². The average Bonchev–Trinajstić information content (AvgIpc) is 2.94. The van der Waals surface area contributed by atoms with Crippen LogP contribution in [0.25, 0.3) is 0 Å².